The highest BCUT2D eigenvalue weighted by molar-refractivity contribution is 5.91. The quantitative estimate of drug-likeness (QED) is 0.290. The molecule has 3 rings (SSSR count). The van der Waals surface area contributed by atoms with E-state index >= 15 is 0 Å². The molecule has 1 saturated heterocycles. The minimum Gasteiger partial charge on any atom is -0.367 e. The number of piperazine rings is 1. The van der Waals surface area contributed by atoms with Gasteiger partial charge in [0.25, 0.3) is 5.91 Å². The molecule has 10 nitrogen and oxygen atoms in total. The van der Waals surface area contributed by atoms with E-state index in [9.17, 15) is 19.2 Å². The maximum atomic E-state index is 13.4. The molecule has 0 aliphatic carbocycles. The van der Waals surface area contributed by atoms with E-state index in [1.807, 2.05) is 30.3 Å². The van der Waals surface area contributed by atoms with Gasteiger partial charge in [-0.3, -0.25) is 19.2 Å². The van der Waals surface area contributed by atoms with E-state index in [1.165, 1.54) is 6.08 Å². The van der Waals surface area contributed by atoms with Gasteiger partial charge in [0.2, 0.25) is 17.7 Å². The lowest BCUT2D eigenvalue weighted by atomic mass is 10.1. The van der Waals surface area contributed by atoms with Gasteiger partial charge in [0.15, 0.2) is 0 Å². The molecule has 0 radical (unpaired) electrons. The van der Waals surface area contributed by atoms with Gasteiger partial charge < -0.3 is 26.2 Å². The Labute approximate surface area is 216 Å². The third-order valence-electron chi connectivity index (χ3n) is 6.20. The summed E-state index contributed by atoms with van der Waals surface area (Å²) in [5, 5.41) is 5.66. The Balaban J connectivity index is 1.57. The van der Waals surface area contributed by atoms with Crippen LogP contribution in [0.15, 0.2) is 61.3 Å². The third kappa shape index (κ3) is 8.45. The Morgan fingerprint density at radius 3 is 2.38 bits per heavy atom. The molecule has 0 spiro atoms. The fraction of sp³-hybridized carbons (Fsp3) is 0.370. The number of hydrogen-bond donors (Lipinski definition) is 3. The Morgan fingerprint density at radius 1 is 1.03 bits per heavy atom. The van der Waals surface area contributed by atoms with Crippen LogP contribution in [-0.2, 0) is 20.8 Å². The van der Waals surface area contributed by atoms with E-state index in [0.717, 1.165) is 11.3 Å². The Hall–Kier alpha value is -4.21. The van der Waals surface area contributed by atoms with Crippen molar-refractivity contribution in [2.45, 2.75) is 31.7 Å². The minimum atomic E-state index is -0.644. The maximum absolute atomic E-state index is 13.4. The zero-order valence-electron chi connectivity index (χ0n) is 20.9. The van der Waals surface area contributed by atoms with Crippen LogP contribution in [0.2, 0.25) is 0 Å². The second-order valence-electron chi connectivity index (χ2n) is 8.85. The van der Waals surface area contributed by atoms with Crippen molar-refractivity contribution >= 4 is 29.3 Å². The fourth-order valence-corrected chi connectivity index (χ4v) is 4.17. The normalized spacial score (nSPS) is 13.9. The summed E-state index contributed by atoms with van der Waals surface area (Å²) >= 11 is 0. The molecule has 1 fully saturated rings. The molecule has 196 valence electrons. The maximum Gasteiger partial charge on any atom is 0.267 e. The minimum absolute atomic E-state index is 0.113. The van der Waals surface area contributed by atoms with Crippen molar-refractivity contribution < 1.29 is 19.2 Å². The number of benzene rings is 1. The highest BCUT2D eigenvalue weighted by Gasteiger charge is 2.28. The average Bonchev–Trinajstić information content (AvgIpc) is 2.92. The first kappa shape index (κ1) is 27.4. The van der Waals surface area contributed by atoms with E-state index in [0.29, 0.717) is 52.0 Å². The van der Waals surface area contributed by atoms with Crippen LogP contribution in [-0.4, -0.2) is 72.3 Å². The molecule has 4 N–H and O–H groups in total. The van der Waals surface area contributed by atoms with Crippen molar-refractivity contribution in [3.05, 3.63) is 72.6 Å². The summed E-state index contributed by atoms with van der Waals surface area (Å²) in [7, 11) is 0. The largest absolute Gasteiger partial charge is 0.367 e. The number of nitrogens with one attached hydrogen (secondary N) is 2. The average molecular weight is 507 g/mol. The lowest BCUT2D eigenvalue weighted by Crippen LogP contribution is -2.55. The number of anilines is 1. The van der Waals surface area contributed by atoms with Crippen molar-refractivity contribution in [1.82, 2.24) is 20.5 Å². The first-order valence-corrected chi connectivity index (χ1v) is 12.4. The molecule has 2 aromatic rings. The number of nitrogens with two attached hydrogens (primary N) is 1. The van der Waals surface area contributed by atoms with Crippen LogP contribution in [0.4, 0.5) is 5.69 Å². The molecule has 37 heavy (non-hydrogen) atoms. The molecule has 0 bridgehead atoms. The van der Waals surface area contributed by atoms with Crippen molar-refractivity contribution in [2.75, 3.05) is 37.6 Å². The standard InChI is InChI=1S/C27H34N6O4/c1-2-24(34)29-13-7-6-10-23(31-25(35)18-20-8-4-3-5-9-20)27(37)33-16-14-32(15-17-33)21-11-12-22(26(28)36)30-19-21/h2-5,8-9,11-12,19,23H,1,6-7,10,13-18H2,(H2,28,36)(H,29,34)(H,31,35)/t23-/m0/s1. The molecule has 10 heteroatoms. The number of nitrogens with zero attached hydrogens (tertiary/aromatic N) is 3. The topological polar surface area (TPSA) is 138 Å². The van der Waals surface area contributed by atoms with Crippen LogP contribution < -0.4 is 21.3 Å². The Morgan fingerprint density at radius 2 is 1.76 bits per heavy atom. The zero-order valence-corrected chi connectivity index (χ0v) is 20.9. The number of carbonyl (C=O) groups excluding carboxylic acids is 4. The molecular formula is C27H34N6O4. The number of pyridine rings is 1. The highest BCUT2D eigenvalue weighted by atomic mass is 16.2. The summed E-state index contributed by atoms with van der Waals surface area (Å²) in [6.45, 7) is 6.10. The molecule has 1 aliphatic rings. The van der Waals surface area contributed by atoms with Gasteiger partial charge in [-0.1, -0.05) is 36.9 Å². The molecule has 1 aromatic carbocycles. The number of rotatable bonds is 12. The molecule has 1 atom stereocenters. The highest BCUT2D eigenvalue weighted by Crippen LogP contribution is 2.17. The first-order chi connectivity index (χ1) is 17.9. The molecule has 0 saturated carbocycles. The number of primary amides is 1. The number of hydrogen-bond acceptors (Lipinski definition) is 6. The van der Waals surface area contributed by atoms with E-state index in [1.54, 1.807) is 23.2 Å². The summed E-state index contributed by atoms with van der Waals surface area (Å²) in [6, 6.07) is 12.1. The molecular weight excluding hydrogens is 472 g/mol. The van der Waals surface area contributed by atoms with Crippen molar-refractivity contribution in [2.24, 2.45) is 5.73 Å². The van der Waals surface area contributed by atoms with Crippen LogP contribution in [0.1, 0.15) is 35.3 Å². The Bertz CT molecular complexity index is 1080. The van der Waals surface area contributed by atoms with Crippen LogP contribution in [0, 0.1) is 0 Å². The lowest BCUT2D eigenvalue weighted by Gasteiger charge is -2.37. The molecule has 4 amide bonds. The summed E-state index contributed by atoms with van der Waals surface area (Å²) < 4.78 is 0. The second-order valence-corrected chi connectivity index (χ2v) is 8.85. The SMILES string of the molecule is C=CC(=O)NCCCC[C@H](NC(=O)Cc1ccccc1)C(=O)N1CCN(c2ccc(C(N)=O)nc2)CC1. The molecule has 1 aromatic heterocycles. The number of carbonyl (C=O) groups is 4. The van der Waals surface area contributed by atoms with E-state index in [-0.39, 0.29) is 29.8 Å². The number of unbranched alkanes of at least 4 members (excludes halogenated alkanes) is 1. The molecule has 1 aliphatic heterocycles. The van der Waals surface area contributed by atoms with Crippen LogP contribution in [0.25, 0.3) is 0 Å². The summed E-state index contributed by atoms with van der Waals surface area (Å²) in [6.07, 6.45) is 4.84. The molecule has 2 heterocycles. The fourth-order valence-electron chi connectivity index (χ4n) is 4.17. The Kier molecular flexibility index (Phi) is 10.2. The van der Waals surface area contributed by atoms with Crippen molar-refractivity contribution in [3.8, 4) is 0 Å². The molecule has 0 unspecified atom stereocenters. The van der Waals surface area contributed by atoms with Crippen LogP contribution >= 0.6 is 0 Å². The van der Waals surface area contributed by atoms with E-state index in [2.05, 4.69) is 27.1 Å². The van der Waals surface area contributed by atoms with Gasteiger partial charge in [-0.05, 0) is 43.0 Å². The van der Waals surface area contributed by atoms with Gasteiger partial charge in [-0.15, -0.1) is 0 Å². The van der Waals surface area contributed by atoms with Gasteiger partial charge in [0.1, 0.15) is 11.7 Å². The first-order valence-electron chi connectivity index (χ1n) is 12.4. The van der Waals surface area contributed by atoms with Gasteiger partial charge in [0.05, 0.1) is 18.3 Å². The van der Waals surface area contributed by atoms with Gasteiger partial charge in [-0.25, -0.2) is 4.98 Å². The summed E-state index contributed by atoms with van der Waals surface area (Å²) in [4.78, 5) is 56.7. The summed E-state index contributed by atoms with van der Waals surface area (Å²) in [5.41, 5.74) is 7.19. The van der Waals surface area contributed by atoms with E-state index < -0.39 is 11.9 Å². The number of aromatic nitrogens is 1. The van der Waals surface area contributed by atoms with Crippen molar-refractivity contribution in [1.29, 1.82) is 0 Å². The second kappa shape index (κ2) is 13.8. The van der Waals surface area contributed by atoms with Crippen LogP contribution in [0.5, 0.6) is 0 Å². The number of amides is 4. The van der Waals surface area contributed by atoms with Crippen LogP contribution in [0.3, 0.4) is 0 Å². The smallest absolute Gasteiger partial charge is 0.267 e. The van der Waals surface area contributed by atoms with E-state index in [4.69, 9.17) is 5.73 Å². The monoisotopic (exact) mass is 506 g/mol. The summed E-state index contributed by atoms with van der Waals surface area (Å²) in [5.74, 6) is -1.13. The lowest BCUT2D eigenvalue weighted by molar-refractivity contribution is -0.136. The van der Waals surface area contributed by atoms with Gasteiger partial charge in [-0.2, -0.15) is 0 Å². The van der Waals surface area contributed by atoms with Crippen molar-refractivity contribution in [3.63, 3.8) is 0 Å². The predicted molar refractivity (Wildman–Crippen MR) is 141 cm³/mol. The zero-order chi connectivity index (χ0) is 26.6. The third-order valence-corrected chi connectivity index (χ3v) is 6.20. The van der Waals surface area contributed by atoms with Gasteiger partial charge >= 0.3 is 0 Å². The van der Waals surface area contributed by atoms with Gasteiger partial charge in [0, 0.05) is 32.7 Å². The predicted octanol–water partition coefficient (Wildman–Crippen LogP) is 1.03.